The molecule has 1 saturated heterocycles. The van der Waals surface area contributed by atoms with Crippen LogP contribution in [0.4, 0.5) is 0 Å². The molecule has 0 aliphatic carbocycles. The summed E-state index contributed by atoms with van der Waals surface area (Å²) in [5.74, 6) is 1.02. The molecule has 1 aromatic carbocycles. The van der Waals surface area contributed by atoms with Crippen LogP contribution in [0.15, 0.2) is 21.5 Å². The Kier molecular flexibility index (Phi) is 3.42. The van der Waals surface area contributed by atoms with Crippen molar-refractivity contribution in [1.82, 2.24) is 10.0 Å². The molecule has 2 aliphatic rings. The van der Waals surface area contributed by atoms with Crippen LogP contribution in [-0.2, 0) is 10.0 Å². The maximum Gasteiger partial charge on any atom is 0.242 e. The molecule has 19 heavy (non-hydrogen) atoms. The average molecular weight is 349 g/mol. The molecule has 0 bridgehead atoms. The van der Waals surface area contributed by atoms with E-state index in [1.807, 2.05) is 0 Å². The van der Waals surface area contributed by atoms with Gasteiger partial charge in [0.25, 0.3) is 0 Å². The molecule has 6 nitrogen and oxygen atoms in total. The van der Waals surface area contributed by atoms with E-state index in [2.05, 4.69) is 26.0 Å². The Morgan fingerprint density at radius 3 is 2.42 bits per heavy atom. The molecule has 2 N–H and O–H groups in total. The van der Waals surface area contributed by atoms with Gasteiger partial charge in [-0.1, -0.05) is 0 Å². The Morgan fingerprint density at radius 2 is 1.84 bits per heavy atom. The van der Waals surface area contributed by atoms with Gasteiger partial charge in [0, 0.05) is 29.7 Å². The average Bonchev–Trinajstić information content (AvgIpc) is 2.33. The highest BCUT2D eigenvalue weighted by atomic mass is 79.9. The first-order valence-electron chi connectivity index (χ1n) is 5.88. The number of nitrogens with one attached hydrogen (secondary N) is 2. The van der Waals surface area contributed by atoms with Gasteiger partial charge in [0.2, 0.25) is 10.0 Å². The molecule has 104 valence electrons. The zero-order valence-electron chi connectivity index (χ0n) is 9.98. The molecule has 0 saturated carbocycles. The number of ether oxygens (including phenoxy) is 2. The van der Waals surface area contributed by atoms with Gasteiger partial charge >= 0.3 is 0 Å². The van der Waals surface area contributed by atoms with Crippen molar-refractivity contribution in [3.63, 3.8) is 0 Å². The van der Waals surface area contributed by atoms with Gasteiger partial charge in [-0.25, -0.2) is 13.1 Å². The van der Waals surface area contributed by atoms with Crippen molar-refractivity contribution in [1.29, 1.82) is 0 Å². The fraction of sp³-hybridized carbons (Fsp3) is 0.455. The second kappa shape index (κ2) is 4.93. The van der Waals surface area contributed by atoms with Crippen molar-refractivity contribution < 1.29 is 17.9 Å². The summed E-state index contributed by atoms with van der Waals surface area (Å²) >= 11 is 3.27. The number of benzene rings is 1. The number of hydrogen-bond donors (Lipinski definition) is 2. The zero-order valence-corrected chi connectivity index (χ0v) is 12.4. The SMILES string of the molecule is O=S(=O)(NC1CNC1)c1cc2c(cc1Br)OCCO2. The topological polar surface area (TPSA) is 76.7 Å². The number of fused-ring (bicyclic) bond motifs is 1. The third-order valence-corrected chi connectivity index (χ3v) is 5.47. The summed E-state index contributed by atoms with van der Waals surface area (Å²) in [6.45, 7) is 2.20. The molecule has 0 unspecified atom stereocenters. The van der Waals surface area contributed by atoms with E-state index in [0.29, 0.717) is 42.3 Å². The van der Waals surface area contributed by atoms with E-state index in [4.69, 9.17) is 9.47 Å². The minimum atomic E-state index is -3.56. The fourth-order valence-electron chi connectivity index (χ4n) is 1.91. The largest absolute Gasteiger partial charge is 0.486 e. The maximum atomic E-state index is 12.3. The molecule has 1 aromatic rings. The second-order valence-electron chi connectivity index (χ2n) is 4.40. The van der Waals surface area contributed by atoms with E-state index in [1.54, 1.807) is 6.07 Å². The van der Waals surface area contributed by atoms with E-state index < -0.39 is 10.0 Å². The Hall–Kier alpha value is -0.830. The molecule has 0 radical (unpaired) electrons. The predicted molar refractivity (Wildman–Crippen MR) is 72.1 cm³/mol. The summed E-state index contributed by atoms with van der Waals surface area (Å²) in [5, 5.41) is 3.02. The van der Waals surface area contributed by atoms with Gasteiger partial charge < -0.3 is 14.8 Å². The van der Waals surface area contributed by atoms with Crippen molar-refractivity contribution in [2.75, 3.05) is 26.3 Å². The van der Waals surface area contributed by atoms with Crippen molar-refractivity contribution in [3.05, 3.63) is 16.6 Å². The highest BCUT2D eigenvalue weighted by Gasteiger charge is 2.28. The lowest BCUT2D eigenvalue weighted by Gasteiger charge is -2.28. The van der Waals surface area contributed by atoms with Crippen molar-refractivity contribution in [2.45, 2.75) is 10.9 Å². The zero-order chi connectivity index (χ0) is 13.5. The molecular formula is C11H13BrN2O4S. The summed E-state index contributed by atoms with van der Waals surface area (Å²) in [5.41, 5.74) is 0. The normalized spacial score (nSPS) is 19.0. The van der Waals surface area contributed by atoms with Crippen LogP contribution in [0.2, 0.25) is 0 Å². The highest BCUT2D eigenvalue weighted by molar-refractivity contribution is 9.10. The molecule has 2 heterocycles. The summed E-state index contributed by atoms with van der Waals surface area (Å²) < 4.78 is 38.5. The van der Waals surface area contributed by atoms with E-state index in [-0.39, 0.29) is 10.9 Å². The molecule has 0 aromatic heterocycles. The molecule has 8 heteroatoms. The molecule has 0 amide bonds. The van der Waals surface area contributed by atoms with Crippen LogP contribution in [0.25, 0.3) is 0 Å². The van der Waals surface area contributed by atoms with Gasteiger partial charge in [-0.3, -0.25) is 0 Å². The quantitative estimate of drug-likeness (QED) is 0.830. The van der Waals surface area contributed by atoms with E-state index in [0.717, 1.165) is 0 Å². The summed E-state index contributed by atoms with van der Waals surface area (Å²) in [6, 6.07) is 3.07. The Morgan fingerprint density at radius 1 is 1.21 bits per heavy atom. The van der Waals surface area contributed by atoms with E-state index in [1.165, 1.54) is 6.07 Å². The highest BCUT2D eigenvalue weighted by Crippen LogP contribution is 2.37. The van der Waals surface area contributed by atoms with Crippen LogP contribution in [0.3, 0.4) is 0 Å². The predicted octanol–water partition coefficient (Wildman–Crippen LogP) is 0.470. The number of rotatable bonds is 3. The number of hydrogen-bond acceptors (Lipinski definition) is 5. The van der Waals surface area contributed by atoms with Gasteiger partial charge in [0.05, 0.1) is 0 Å². The third kappa shape index (κ3) is 2.58. The van der Waals surface area contributed by atoms with Crippen LogP contribution >= 0.6 is 15.9 Å². The van der Waals surface area contributed by atoms with Crippen molar-refractivity contribution in [2.24, 2.45) is 0 Å². The lowest BCUT2D eigenvalue weighted by atomic mass is 10.2. The lowest BCUT2D eigenvalue weighted by Crippen LogP contribution is -2.56. The van der Waals surface area contributed by atoms with Crippen LogP contribution in [0.5, 0.6) is 11.5 Å². The molecular weight excluding hydrogens is 336 g/mol. The minimum Gasteiger partial charge on any atom is -0.486 e. The molecule has 3 rings (SSSR count). The first-order valence-corrected chi connectivity index (χ1v) is 8.16. The van der Waals surface area contributed by atoms with Gasteiger partial charge in [-0.05, 0) is 22.0 Å². The Labute approximate surface area is 119 Å². The number of sulfonamides is 1. The molecule has 0 spiro atoms. The second-order valence-corrected chi connectivity index (χ2v) is 6.94. The fourth-order valence-corrected chi connectivity index (χ4v) is 4.18. The van der Waals surface area contributed by atoms with Crippen LogP contribution in [0.1, 0.15) is 0 Å². The van der Waals surface area contributed by atoms with Crippen LogP contribution in [-0.4, -0.2) is 40.8 Å². The standard InChI is InChI=1S/C11H13BrN2O4S/c12-8-3-9-10(18-2-1-17-9)4-11(8)19(15,16)14-7-5-13-6-7/h3-4,7,13-14H,1-2,5-6H2. The van der Waals surface area contributed by atoms with Crippen LogP contribution < -0.4 is 19.5 Å². The Balaban J connectivity index is 1.94. The van der Waals surface area contributed by atoms with E-state index >= 15 is 0 Å². The van der Waals surface area contributed by atoms with Crippen molar-refractivity contribution in [3.8, 4) is 11.5 Å². The number of halogens is 1. The van der Waals surface area contributed by atoms with Gasteiger partial charge in [-0.2, -0.15) is 0 Å². The third-order valence-electron chi connectivity index (χ3n) is 2.99. The lowest BCUT2D eigenvalue weighted by molar-refractivity contribution is 0.171. The summed E-state index contributed by atoms with van der Waals surface area (Å²) in [6.07, 6.45) is 0. The first-order chi connectivity index (χ1) is 9.06. The van der Waals surface area contributed by atoms with Crippen LogP contribution in [0, 0.1) is 0 Å². The van der Waals surface area contributed by atoms with Gasteiger partial charge in [-0.15, -0.1) is 0 Å². The molecule has 0 atom stereocenters. The van der Waals surface area contributed by atoms with Gasteiger partial charge in [0.1, 0.15) is 18.1 Å². The summed E-state index contributed by atoms with van der Waals surface area (Å²) in [4.78, 5) is 0.170. The molecule has 1 fully saturated rings. The van der Waals surface area contributed by atoms with Gasteiger partial charge in [0.15, 0.2) is 11.5 Å². The van der Waals surface area contributed by atoms with E-state index in [9.17, 15) is 8.42 Å². The Bertz CT molecular complexity index is 601. The smallest absolute Gasteiger partial charge is 0.242 e. The summed E-state index contributed by atoms with van der Waals surface area (Å²) in [7, 11) is -3.56. The van der Waals surface area contributed by atoms with Crippen molar-refractivity contribution >= 4 is 26.0 Å². The first kappa shape index (κ1) is 13.2. The molecule has 2 aliphatic heterocycles. The monoisotopic (exact) mass is 348 g/mol. The maximum absolute atomic E-state index is 12.3. The minimum absolute atomic E-state index is 0.0508.